The molecule has 22 heavy (non-hydrogen) atoms. The highest BCUT2D eigenvalue weighted by Crippen LogP contribution is 2.25. The molecule has 114 valence electrons. The van der Waals surface area contributed by atoms with Gasteiger partial charge in [-0.2, -0.15) is 5.10 Å². The summed E-state index contributed by atoms with van der Waals surface area (Å²) < 4.78 is 2.20. The number of nitrogens with zero attached hydrogens (tertiary/aromatic N) is 2. The van der Waals surface area contributed by atoms with Crippen LogP contribution >= 0.6 is 34.9 Å². The number of rotatable bonds is 5. The van der Waals surface area contributed by atoms with Crippen LogP contribution < -0.4 is 5.32 Å². The molecule has 0 spiro atoms. The summed E-state index contributed by atoms with van der Waals surface area (Å²) in [5, 5.41) is 13.9. The third-order valence-corrected chi connectivity index (χ3v) is 5.26. The van der Waals surface area contributed by atoms with Gasteiger partial charge in [-0.3, -0.25) is 14.5 Å². The van der Waals surface area contributed by atoms with Gasteiger partial charge in [0.25, 0.3) is 0 Å². The van der Waals surface area contributed by atoms with E-state index >= 15 is 0 Å². The van der Waals surface area contributed by atoms with Gasteiger partial charge in [-0.25, -0.2) is 0 Å². The average molecular weight is 350 g/mol. The lowest BCUT2D eigenvalue weighted by molar-refractivity contribution is -0.124. The van der Waals surface area contributed by atoms with Crippen LogP contribution in [0.15, 0.2) is 35.0 Å². The Labute approximate surface area is 140 Å². The molecule has 0 radical (unpaired) electrons. The minimum Gasteiger partial charge on any atom is -0.349 e. The van der Waals surface area contributed by atoms with E-state index in [-0.39, 0.29) is 5.91 Å². The number of carbonyl (C=O) groups is 1. The smallest absolute Gasteiger partial charge is 0.243 e. The summed E-state index contributed by atoms with van der Waals surface area (Å²) >= 11 is 8.46. The van der Waals surface area contributed by atoms with Crippen LogP contribution in [0.5, 0.6) is 0 Å². The van der Waals surface area contributed by atoms with Crippen LogP contribution in [0.3, 0.4) is 0 Å². The molecule has 1 atom stereocenters. The zero-order chi connectivity index (χ0) is 15.5. The first-order valence-electron chi connectivity index (χ1n) is 6.67. The largest absolute Gasteiger partial charge is 0.349 e. The van der Waals surface area contributed by atoms with Gasteiger partial charge in [0.05, 0.1) is 11.4 Å². The first-order chi connectivity index (χ1) is 10.7. The molecule has 0 saturated heterocycles. The van der Waals surface area contributed by atoms with E-state index in [0.29, 0.717) is 17.1 Å². The molecule has 8 heteroatoms. The Morgan fingerprint density at radius 1 is 1.41 bits per heavy atom. The number of hydrogen-bond donors (Lipinski definition) is 2. The van der Waals surface area contributed by atoms with Crippen molar-refractivity contribution < 1.29 is 4.79 Å². The molecule has 3 aromatic rings. The summed E-state index contributed by atoms with van der Waals surface area (Å²) in [7, 11) is 0. The van der Waals surface area contributed by atoms with Gasteiger partial charge >= 0.3 is 0 Å². The highest BCUT2D eigenvalue weighted by molar-refractivity contribution is 7.71. The Kier molecular flexibility index (Phi) is 4.51. The second-order valence-corrected chi connectivity index (χ2v) is 7.04. The van der Waals surface area contributed by atoms with Crippen molar-refractivity contribution >= 4 is 40.8 Å². The molecule has 1 amide bonds. The topological polar surface area (TPSA) is 62.7 Å². The first-order valence-corrected chi connectivity index (χ1v) is 8.84. The fraction of sp³-hybridized carbons (Fsp3) is 0.214. The van der Waals surface area contributed by atoms with Crippen LogP contribution in [0.1, 0.15) is 17.8 Å². The van der Waals surface area contributed by atoms with Gasteiger partial charge in [-0.15, -0.1) is 22.7 Å². The maximum atomic E-state index is 12.4. The molecule has 0 aliphatic carbocycles. The van der Waals surface area contributed by atoms with Crippen LogP contribution in [0.4, 0.5) is 0 Å². The Hall–Kier alpha value is -1.77. The molecular formula is C14H14N4OS3. The normalized spacial score (nSPS) is 12.2. The van der Waals surface area contributed by atoms with Crippen molar-refractivity contribution in [2.75, 3.05) is 0 Å². The lowest BCUT2D eigenvalue weighted by Gasteiger charge is -2.14. The zero-order valence-corrected chi connectivity index (χ0v) is 14.2. The molecule has 0 fully saturated rings. The number of aromatic amines is 1. The van der Waals surface area contributed by atoms with Gasteiger partial charge in [0.1, 0.15) is 6.04 Å². The van der Waals surface area contributed by atoms with Crippen LogP contribution in [-0.2, 0) is 11.3 Å². The van der Waals surface area contributed by atoms with E-state index in [4.69, 9.17) is 12.2 Å². The second kappa shape index (κ2) is 6.55. The van der Waals surface area contributed by atoms with E-state index in [1.54, 1.807) is 27.2 Å². The molecule has 3 rings (SSSR count). The second-order valence-electron chi connectivity index (χ2n) is 4.67. The minimum absolute atomic E-state index is 0.0799. The quantitative estimate of drug-likeness (QED) is 0.691. The Balaban J connectivity index is 1.80. The standard InChI is InChI=1S/C14H14N4OS3/c1-9(13(19)15-8-10-4-2-6-21-10)18-12(16-17-14(18)20)11-5-3-7-22-11/h2-7,9H,8H2,1H3,(H,15,19)(H,17,20). The minimum atomic E-state index is -0.427. The molecule has 0 aliphatic rings. The van der Waals surface area contributed by atoms with Crippen LogP contribution in [0.25, 0.3) is 10.7 Å². The zero-order valence-electron chi connectivity index (χ0n) is 11.8. The van der Waals surface area contributed by atoms with Crippen LogP contribution in [-0.4, -0.2) is 20.7 Å². The van der Waals surface area contributed by atoms with E-state index in [1.807, 2.05) is 41.9 Å². The number of aromatic nitrogens is 3. The highest BCUT2D eigenvalue weighted by Gasteiger charge is 2.21. The van der Waals surface area contributed by atoms with Crippen molar-refractivity contribution in [3.63, 3.8) is 0 Å². The Bertz CT molecular complexity index is 802. The molecule has 0 saturated carbocycles. The molecular weight excluding hydrogens is 336 g/mol. The van der Waals surface area contributed by atoms with Crippen LogP contribution in [0, 0.1) is 4.77 Å². The summed E-state index contributed by atoms with van der Waals surface area (Å²) in [5.41, 5.74) is 0. The van der Waals surface area contributed by atoms with Crippen molar-refractivity contribution in [2.45, 2.75) is 19.5 Å². The number of nitrogens with one attached hydrogen (secondary N) is 2. The Morgan fingerprint density at radius 2 is 2.18 bits per heavy atom. The maximum absolute atomic E-state index is 12.4. The summed E-state index contributed by atoms with van der Waals surface area (Å²) in [5.74, 6) is 0.613. The molecule has 0 bridgehead atoms. The highest BCUT2D eigenvalue weighted by atomic mass is 32.1. The molecule has 0 aliphatic heterocycles. The predicted molar refractivity (Wildman–Crippen MR) is 91.6 cm³/mol. The summed E-state index contributed by atoms with van der Waals surface area (Å²) in [4.78, 5) is 14.5. The summed E-state index contributed by atoms with van der Waals surface area (Å²) in [6, 6.07) is 7.45. The van der Waals surface area contributed by atoms with Crippen molar-refractivity contribution in [1.82, 2.24) is 20.1 Å². The van der Waals surface area contributed by atoms with Crippen molar-refractivity contribution in [3.8, 4) is 10.7 Å². The molecule has 3 heterocycles. The van der Waals surface area contributed by atoms with Gasteiger partial charge < -0.3 is 5.32 Å². The third kappa shape index (κ3) is 3.03. The van der Waals surface area contributed by atoms with E-state index in [2.05, 4.69) is 15.5 Å². The van der Waals surface area contributed by atoms with E-state index in [1.165, 1.54) is 0 Å². The first kappa shape index (κ1) is 15.1. The third-order valence-electron chi connectivity index (χ3n) is 3.23. The number of amides is 1. The van der Waals surface area contributed by atoms with E-state index in [9.17, 15) is 4.79 Å². The number of H-pyrrole nitrogens is 1. The van der Waals surface area contributed by atoms with Gasteiger partial charge in [0.2, 0.25) is 5.91 Å². The molecule has 5 nitrogen and oxygen atoms in total. The summed E-state index contributed by atoms with van der Waals surface area (Å²) in [6.45, 7) is 2.35. The van der Waals surface area contributed by atoms with Gasteiger partial charge in [-0.1, -0.05) is 12.1 Å². The average Bonchev–Trinajstić information content (AvgIpc) is 3.25. The van der Waals surface area contributed by atoms with Gasteiger partial charge in [0.15, 0.2) is 10.6 Å². The van der Waals surface area contributed by atoms with Crippen molar-refractivity contribution in [3.05, 3.63) is 44.7 Å². The van der Waals surface area contributed by atoms with E-state index in [0.717, 1.165) is 9.75 Å². The van der Waals surface area contributed by atoms with Crippen LogP contribution in [0.2, 0.25) is 0 Å². The van der Waals surface area contributed by atoms with E-state index < -0.39 is 6.04 Å². The number of hydrogen-bond acceptors (Lipinski definition) is 5. The number of carbonyl (C=O) groups excluding carboxylic acids is 1. The number of thiophene rings is 2. The maximum Gasteiger partial charge on any atom is 0.243 e. The molecule has 1 unspecified atom stereocenters. The predicted octanol–water partition coefficient (Wildman–Crippen LogP) is 3.61. The van der Waals surface area contributed by atoms with Gasteiger partial charge in [-0.05, 0) is 42.0 Å². The van der Waals surface area contributed by atoms with Gasteiger partial charge in [0, 0.05) is 4.88 Å². The molecule has 3 aromatic heterocycles. The lowest BCUT2D eigenvalue weighted by Crippen LogP contribution is -2.30. The van der Waals surface area contributed by atoms with Crippen molar-refractivity contribution in [2.24, 2.45) is 0 Å². The molecule has 0 aromatic carbocycles. The monoisotopic (exact) mass is 350 g/mol. The fourth-order valence-electron chi connectivity index (χ4n) is 2.10. The SMILES string of the molecule is CC(C(=O)NCc1cccs1)n1c(-c2cccs2)n[nH]c1=S. The molecule has 2 N–H and O–H groups in total. The fourth-order valence-corrected chi connectivity index (χ4v) is 3.74. The lowest BCUT2D eigenvalue weighted by atomic mass is 10.3. The Morgan fingerprint density at radius 3 is 2.86 bits per heavy atom. The summed E-state index contributed by atoms with van der Waals surface area (Å²) in [6.07, 6.45) is 0. The van der Waals surface area contributed by atoms with Crippen molar-refractivity contribution in [1.29, 1.82) is 0 Å².